The lowest BCUT2D eigenvalue weighted by Gasteiger charge is -2.34. The van der Waals surface area contributed by atoms with Gasteiger partial charge in [-0.2, -0.15) is 0 Å². The average molecular weight is 305 g/mol. The Kier molecular flexibility index (Phi) is 6.27. The molecule has 0 aromatic heterocycles. The molecule has 1 aliphatic heterocycles. The quantitative estimate of drug-likeness (QED) is 0.869. The number of nitrogens with zero attached hydrogens (tertiary/aromatic N) is 1. The molecule has 3 heteroatoms. The second-order valence-corrected chi connectivity index (χ2v) is 6.98. The van der Waals surface area contributed by atoms with Gasteiger partial charge in [0.2, 0.25) is 0 Å². The predicted octanol–water partition coefficient (Wildman–Crippen LogP) is 3.73. The zero-order valence-electron chi connectivity index (χ0n) is 14.5. The molecular formula is C19H31NO2. The van der Waals surface area contributed by atoms with E-state index in [-0.39, 0.29) is 0 Å². The van der Waals surface area contributed by atoms with Crippen LogP contribution in [0.3, 0.4) is 0 Å². The van der Waals surface area contributed by atoms with E-state index < -0.39 is 6.10 Å². The molecule has 0 aliphatic carbocycles. The second-order valence-electron chi connectivity index (χ2n) is 6.98. The maximum absolute atomic E-state index is 10.2. The van der Waals surface area contributed by atoms with E-state index in [1.165, 1.54) is 30.4 Å². The molecule has 0 saturated carbocycles. The minimum atomic E-state index is -0.425. The molecule has 1 saturated heterocycles. The summed E-state index contributed by atoms with van der Waals surface area (Å²) in [5.41, 5.74) is 2.61. The SMILES string of the molecule is Cc1cc(OC[C@H](O)CN2CCCC[C@H]2C)ccc1C(C)C. The zero-order valence-corrected chi connectivity index (χ0v) is 14.5. The maximum Gasteiger partial charge on any atom is 0.119 e. The van der Waals surface area contributed by atoms with Gasteiger partial charge in [0.15, 0.2) is 0 Å². The van der Waals surface area contributed by atoms with E-state index in [0.29, 0.717) is 25.1 Å². The van der Waals surface area contributed by atoms with Gasteiger partial charge in [0, 0.05) is 12.6 Å². The summed E-state index contributed by atoms with van der Waals surface area (Å²) in [5, 5.41) is 10.2. The highest BCUT2D eigenvalue weighted by Gasteiger charge is 2.21. The molecule has 124 valence electrons. The number of aliphatic hydroxyl groups is 1. The molecule has 1 aromatic rings. The summed E-state index contributed by atoms with van der Waals surface area (Å²) in [6.07, 6.45) is 3.37. The van der Waals surface area contributed by atoms with Gasteiger partial charge in [-0.05, 0) is 62.4 Å². The molecule has 2 atom stereocenters. The fourth-order valence-electron chi connectivity index (χ4n) is 3.33. The van der Waals surface area contributed by atoms with Gasteiger partial charge in [-0.3, -0.25) is 4.90 Å². The molecule has 1 aromatic carbocycles. The first-order chi connectivity index (χ1) is 10.5. The van der Waals surface area contributed by atoms with Crippen molar-refractivity contribution in [2.45, 2.75) is 65.0 Å². The largest absolute Gasteiger partial charge is 0.491 e. The van der Waals surface area contributed by atoms with E-state index in [1.807, 2.05) is 6.07 Å². The van der Waals surface area contributed by atoms with E-state index >= 15 is 0 Å². The molecule has 0 amide bonds. The van der Waals surface area contributed by atoms with Crippen LogP contribution in [0.2, 0.25) is 0 Å². The van der Waals surface area contributed by atoms with Gasteiger partial charge in [-0.1, -0.05) is 26.3 Å². The summed E-state index contributed by atoms with van der Waals surface area (Å²) in [5.74, 6) is 1.38. The summed E-state index contributed by atoms with van der Waals surface area (Å²) >= 11 is 0. The van der Waals surface area contributed by atoms with E-state index in [1.54, 1.807) is 0 Å². The van der Waals surface area contributed by atoms with E-state index in [9.17, 15) is 5.11 Å². The van der Waals surface area contributed by atoms with Crippen LogP contribution < -0.4 is 4.74 Å². The van der Waals surface area contributed by atoms with Crippen LogP contribution in [-0.2, 0) is 0 Å². The van der Waals surface area contributed by atoms with Crippen molar-refractivity contribution in [3.05, 3.63) is 29.3 Å². The highest BCUT2D eigenvalue weighted by molar-refractivity contribution is 5.36. The van der Waals surface area contributed by atoms with Gasteiger partial charge < -0.3 is 9.84 Å². The minimum absolute atomic E-state index is 0.365. The van der Waals surface area contributed by atoms with Crippen LogP contribution in [0.15, 0.2) is 18.2 Å². The Bertz CT molecular complexity index is 473. The van der Waals surface area contributed by atoms with Crippen molar-refractivity contribution < 1.29 is 9.84 Å². The van der Waals surface area contributed by atoms with Gasteiger partial charge in [0.05, 0.1) is 0 Å². The number of aryl methyl sites for hydroxylation is 1. The summed E-state index contributed by atoms with van der Waals surface area (Å²) in [6.45, 7) is 10.9. The van der Waals surface area contributed by atoms with Gasteiger partial charge in [-0.25, -0.2) is 0 Å². The van der Waals surface area contributed by atoms with Gasteiger partial charge in [0.1, 0.15) is 18.5 Å². The Morgan fingerprint density at radius 2 is 2.09 bits per heavy atom. The number of likely N-dealkylation sites (tertiary alicyclic amines) is 1. The van der Waals surface area contributed by atoms with Crippen LogP contribution in [0.5, 0.6) is 5.75 Å². The lowest BCUT2D eigenvalue weighted by molar-refractivity contribution is 0.0437. The fraction of sp³-hybridized carbons (Fsp3) is 0.684. The fourth-order valence-corrected chi connectivity index (χ4v) is 3.33. The molecule has 0 spiro atoms. The Balaban J connectivity index is 1.83. The van der Waals surface area contributed by atoms with Crippen LogP contribution in [0, 0.1) is 6.92 Å². The first kappa shape index (κ1) is 17.3. The summed E-state index contributed by atoms with van der Waals surface area (Å²) < 4.78 is 5.78. The molecule has 2 rings (SSSR count). The van der Waals surface area contributed by atoms with Gasteiger partial charge in [-0.15, -0.1) is 0 Å². The summed E-state index contributed by atoms with van der Waals surface area (Å²) in [6, 6.07) is 6.80. The zero-order chi connectivity index (χ0) is 16.1. The first-order valence-corrected chi connectivity index (χ1v) is 8.63. The number of aliphatic hydroxyl groups excluding tert-OH is 1. The van der Waals surface area contributed by atoms with Crippen LogP contribution in [-0.4, -0.2) is 41.8 Å². The third-order valence-corrected chi connectivity index (χ3v) is 4.69. The molecule has 0 bridgehead atoms. The number of β-amino-alcohol motifs (C(OH)–C–C–N with tert-alkyl or cyclic N) is 1. The molecule has 1 aliphatic rings. The monoisotopic (exact) mass is 305 g/mol. The van der Waals surface area contributed by atoms with Crippen LogP contribution in [0.25, 0.3) is 0 Å². The van der Waals surface area contributed by atoms with Crippen molar-refractivity contribution >= 4 is 0 Å². The van der Waals surface area contributed by atoms with Crippen molar-refractivity contribution in [2.24, 2.45) is 0 Å². The van der Waals surface area contributed by atoms with Crippen molar-refractivity contribution in [1.82, 2.24) is 4.90 Å². The Labute approximate surface area is 135 Å². The number of piperidine rings is 1. The van der Waals surface area contributed by atoms with Crippen molar-refractivity contribution in [3.63, 3.8) is 0 Å². The van der Waals surface area contributed by atoms with Crippen molar-refractivity contribution in [3.8, 4) is 5.75 Å². The Morgan fingerprint density at radius 1 is 1.32 bits per heavy atom. The normalized spacial score (nSPS) is 21.1. The van der Waals surface area contributed by atoms with E-state index in [2.05, 4.69) is 44.7 Å². The van der Waals surface area contributed by atoms with Crippen LogP contribution in [0.4, 0.5) is 0 Å². The third kappa shape index (κ3) is 4.72. The Morgan fingerprint density at radius 3 is 2.73 bits per heavy atom. The highest BCUT2D eigenvalue weighted by Crippen LogP contribution is 2.23. The standard InChI is InChI=1S/C19H31NO2/c1-14(2)19-9-8-18(11-15(19)3)22-13-17(21)12-20-10-6-5-7-16(20)4/h8-9,11,14,16-17,21H,5-7,10,12-13H2,1-4H3/t16-,17-/m1/s1. The first-order valence-electron chi connectivity index (χ1n) is 8.63. The summed E-state index contributed by atoms with van der Waals surface area (Å²) in [7, 11) is 0. The minimum Gasteiger partial charge on any atom is -0.491 e. The molecule has 0 unspecified atom stereocenters. The van der Waals surface area contributed by atoms with Gasteiger partial charge >= 0.3 is 0 Å². The molecule has 1 fully saturated rings. The number of hydrogen-bond donors (Lipinski definition) is 1. The highest BCUT2D eigenvalue weighted by atomic mass is 16.5. The van der Waals surface area contributed by atoms with Crippen LogP contribution >= 0.6 is 0 Å². The molecule has 1 heterocycles. The molecule has 0 radical (unpaired) electrons. The lowest BCUT2D eigenvalue weighted by atomic mass is 9.98. The van der Waals surface area contributed by atoms with Gasteiger partial charge in [0.25, 0.3) is 0 Å². The maximum atomic E-state index is 10.2. The molecule has 3 nitrogen and oxygen atoms in total. The van der Waals surface area contributed by atoms with Crippen molar-refractivity contribution in [1.29, 1.82) is 0 Å². The van der Waals surface area contributed by atoms with E-state index in [4.69, 9.17) is 4.74 Å². The van der Waals surface area contributed by atoms with Crippen LogP contribution in [0.1, 0.15) is 57.1 Å². The summed E-state index contributed by atoms with van der Waals surface area (Å²) in [4.78, 5) is 2.38. The number of rotatable bonds is 6. The van der Waals surface area contributed by atoms with Crippen molar-refractivity contribution in [2.75, 3.05) is 19.7 Å². The topological polar surface area (TPSA) is 32.7 Å². The number of ether oxygens (including phenoxy) is 1. The number of benzene rings is 1. The molecular weight excluding hydrogens is 274 g/mol. The predicted molar refractivity (Wildman–Crippen MR) is 91.7 cm³/mol. The number of hydrogen-bond acceptors (Lipinski definition) is 3. The smallest absolute Gasteiger partial charge is 0.119 e. The third-order valence-electron chi connectivity index (χ3n) is 4.69. The van der Waals surface area contributed by atoms with E-state index in [0.717, 1.165) is 12.3 Å². The lowest BCUT2D eigenvalue weighted by Crippen LogP contribution is -2.43. The molecule has 1 N–H and O–H groups in total. The second kappa shape index (κ2) is 7.98. The average Bonchev–Trinajstić information content (AvgIpc) is 2.47. The Hall–Kier alpha value is -1.06. The molecule has 22 heavy (non-hydrogen) atoms.